The van der Waals surface area contributed by atoms with Crippen LogP contribution in [0.5, 0.6) is 0 Å². The molecule has 8 heteroatoms. The second-order valence-corrected chi connectivity index (χ2v) is 6.41. The average Bonchev–Trinajstić information content (AvgIpc) is 3.06. The minimum Gasteiger partial charge on any atom is -0.478 e. The smallest absolute Gasteiger partial charge is 0.340 e. The molecule has 0 aliphatic rings. The van der Waals surface area contributed by atoms with Crippen molar-refractivity contribution < 1.29 is 19.1 Å². The number of benzene rings is 3. The topological polar surface area (TPSA) is 105 Å². The highest BCUT2D eigenvalue weighted by Crippen LogP contribution is 2.22. The van der Waals surface area contributed by atoms with Crippen LogP contribution in [0.2, 0.25) is 0 Å². The Morgan fingerprint density at radius 1 is 0.933 bits per heavy atom. The number of aromatic nitrogens is 2. The second-order valence-electron chi connectivity index (χ2n) is 6.41. The normalized spacial score (nSPS) is 10.7. The summed E-state index contributed by atoms with van der Waals surface area (Å²) in [6, 6.07) is 17.0. The van der Waals surface area contributed by atoms with Gasteiger partial charge < -0.3 is 5.11 Å². The molecule has 3 aromatic carbocycles. The Labute approximate surface area is 168 Å². The van der Waals surface area contributed by atoms with Crippen molar-refractivity contribution in [2.45, 2.75) is 0 Å². The maximum atomic E-state index is 14.7. The van der Waals surface area contributed by atoms with E-state index in [2.05, 4.69) is 0 Å². The molecule has 0 spiro atoms. The van der Waals surface area contributed by atoms with Gasteiger partial charge in [-0.3, -0.25) is 9.36 Å². The molecule has 1 heterocycles. The van der Waals surface area contributed by atoms with E-state index in [9.17, 15) is 18.8 Å². The molecule has 146 valence electrons. The van der Waals surface area contributed by atoms with Gasteiger partial charge in [0, 0.05) is 5.56 Å². The van der Waals surface area contributed by atoms with Crippen LogP contribution in [0.1, 0.15) is 26.3 Å². The number of nitriles is 1. The summed E-state index contributed by atoms with van der Waals surface area (Å²) in [7, 11) is 0. The number of hydrogen-bond donors (Lipinski definition) is 1. The van der Waals surface area contributed by atoms with Crippen molar-refractivity contribution in [3.05, 3.63) is 99.7 Å². The van der Waals surface area contributed by atoms with Gasteiger partial charge in [-0.15, -0.1) is 0 Å². The summed E-state index contributed by atoms with van der Waals surface area (Å²) in [5, 5.41) is 18.0. The molecule has 1 N–H and O–H groups in total. The first-order chi connectivity index (χ1) is 14.4. The van der Waals surface area contributed by atoms with Crippen LogP contribution in [0, 0.1) is 17.1 Å². The monoisotopic (exact) mass is 401 g/mol. The first kappa shape index (κ1) is 18.8. The number of imidazole rings is 1. The second kappa shape index (κ2) is 7.14. The molecular formula is C22H12FN3O4. The summed E-state index contributed by atoms with van der Waals surface area (Å²) in [6.07, 6.45) is 0. The highest BCUT2D eigenvalue weighted by Gasteiger charge is 2.23. The summed E-state index contributed by atoms with van der Waals surface area (Å²) in [5.74, 6) is -2.53. The van der Waals surface area contributed by atoms with Gasteiger partial charge in [-0.25, -0.2) is 18.5 Å². The maximum Gasteiger partial charge on any atom is 0.340 e. The number of hydrogen-bond acceptors (Lipinski definition) is 4. The number of para-hydroxylation sites is 1. The molecule has 1 aromatic heterocycles. The number of halogens is 1. The van der Waals surface area contributed by atoms with Crippen LogP contribution in [0.4, 0.5) is 4.39 Å². The minimum absolute atomic E-state index is 0.00432. The summed E-state index contributed by atoms with van der Waals surface area (Å²) in [4.78, 5) is 37.3. The Hall–Kier alpha value is -4.51. The molecule has 0 saturated heterocycles. The largest absolute Gasteiger partial charge is 0.478 e. The van der Waals surface area contributed by atoms with Crippen LogP contribution in [0.3, 0.4) is 0 Å². The van der Waals surface area contributed by atoms with E-state index in [1.54, 1.807) is 0 Å². The Morgan fingerprint density at radius 2 is 1.57 bits per heavy atom. The first-order valence-corrected chi connectivity index (χ1v) is 8.73. The number of carbonyl (C=O) groups is 2. The molecule has 4 aromatic rings. The Morgan fingerprint density at radius 3 is 2.17 bits per heavy atom. The molecule has 0 radical (unpaired) electrons. The van der Waals surface area contributed by atoms with Crippen molar-refractivity contribution in [2.24, 2.45) is 0 Å². The zero-order valence-corrected chi connectivity index (χ0v) is 15.2. The van der Waals surface area contributed by atoms with Crippen molar-refractivity contribution in [3.8, 4) is 11.8 Å². The van der Waals surface area contributed by atoms with Crippen molar-refractivity contribution in [3.63, 3.8) is 0 Å². The summed E-state index contributed by atoms with van der Waals surface area (Å²) >= 11 is 0. The molecule has 0 saturated carbocycles. The minimum atomic E-state index is -1.14. The van der Waals surface area contributed by atoms with Crippen LogP contribution >= 0.6 is 0 Å². The van der Waals surface area contributed by atoms with Crippen molar-refractivity contribution >= 4 is 22.9 Å². The third kappa shape index (κ3) is 2.95. The van der Waals surface area contributed by atoms with E-state index in [0.717, 1.165) is 9.13 Å². The molecule has 7 nitrogen and oxygen atoms in total. The lowest BCUT2D eigenvalue weighted by atomic mass is 10.1. The Balaban J connectivity index is 1.96. The number of aromatic carboxylic acids is 1. The third-order valence-electron chi connectivity index (χ3n) is 4.65. The fourth-order valence-electron chi connectivity index (χ4n) is 3.21. The number of fused-ring (bicyclic) bond motifs is 1. The molecule has 4 rings (SSSR count). The lowest BCUT2D eigenvalue weighted by Crippen LogP contribution is -2.28. The molecule has 0 unspecified atom stereocenters. The third-order valence-corrected chi connectivity index (χ3v) is 4.65. The van der Waals surface area contributed by atoms with Crippen molar-refractivity contribution in [2.75, 3.05) is 0 Å². The molecule has 30 heavy (non-hydrogen) atoms. The van der Waals surface area contributed by atoms with Gasteiger partial charge in [0.2, 0.25) is 0 Å². The van der Waals surface area contributed by atoms with Crippen LogP contribution in [-0.2, 0) is 0 Å². The van der Waals surface area contributed by atoms with Gasteiger partial charge >= 0.3 is 11.7 Å². The highest BCUT2D eigenvalue weighted by atomic mass is 19.1. The quantitative estimate of drug-likeness (QED) is 0.568. The van der Waals surface area contributed by atoms with Gasteiger partial charge in [-0.1, -0.05) is 6.07 Å². The van der Waals surface area contributed by atoms with Gasteiger partial charge in [0.25, 0.3) is 5.91 Å². The van der Waals surface area contributed by atoms with E-state index in [1.165, 1.54) is 66.7 Å². The predicted octanol–water partition coefficient (Wildman–Crippen LogP) is 3.19. The predicted molar refractivity (Wildman–Crippen MR) is 105 cm³/mol. The number of carboxylic acids is 1. The lowest BCUT2D eigenvalue weighted by molar-refractivity contribution is 0.0696. The molecular weight excluding hydrogens is 389 g/mol. The maximum absolute atomic E-state index is 14.7. The fourth-order valence-corrected chi connectivity index (χ4v) is 3.21. The van der Waals surface area contributed by atoms with E-state index in [4.69, 9.17) is 10.4 Å². The van der Waals surface area contributed by atoms with E-state index in [1.807, 2.05) is 6.07 Å². The van der Waals surface area contributed by atoms with Gasteiger partial charge in [0.1, 0.15) is 11.3 Å². The van der Waals surface area contributed by atoms with E-state index in [0.29, 0.717) is 5.56 Å². The highest BCUT2D eigenvalue weighted by molar-refractivity contribution is 6.01. The molecule has 0 bridgehead atoms. The van der Waals surface area contributed by atoms with Gasteiger partial charge in [-0.2, -0.15) is 5.26 Å². The van der Waals surface area contributed by atoms with Crippen LogP contribution in [-0.4, -0.2) is 26.1 Å². The number of carboxylic acid groups (broad SMARTS) is 1. The summed E-state index contributed by atoms with van der Waals surface area (Å²) < 4.78 is 16.6. The van der Waals surface area contributed by atoms with Crippen LogP contribution in [0.15, 0.2) is 71.5 Å². The van der Waals surface area contributed by atoms with Crippen LogP contribution in [0.25, 0.3) is 16.7 Å². The Bertz CT molecular complexity index is 1410. The van der Waals surface area contributed by atoms with E-state index in [-0.39, 0.29) is 27.8 Å². The zero-order valence-electron chi connectivity index (χ0n) is 15.2. The fraction of sp³-hybridized carbons (Fsp3) is 0. The van der Waals surface area contributed by atoms with Gasteiger partial charge in [0.05, 0.1) is 28.4 Å². The average molecular weight is 401 g/mol. The van der Waals surface area contributed by atoms with E-state index < -0.39 is 23.4 Å². The Kier molecular flexibility index (Phi) is 4.49. The lowest BCUT2D eigenvalue weighted by Gasteiger charge is -2.04. The molecule has 0 atom stereocenters. The number of nitrogens with zero attached hydrogens (tertiary/aromatic N) is 3. The van der Waals surface area contributed by atoms with Crippen LogP contribution < -0.4 is 5.69 Å². The first-order valence-electron chi connectivity index (χ1n) is 8.73. The van der Waals surface area contributed by atoms with Gasteiger partial charge in [0.15, 0.2) is 0 Å². The molecule has 0 aliphatic carbocycles. The van der Waals surface area contributed by atoms with Crippen molar-refractivity contribution in [1.82, 2.24) is 9.13 Å². The molecule has 0 amide bonds. The van der Waals surface area contributed by atoms with E-state index >= 15 is 0 Å². The standard InChI is InChI=1S/C22H12FN3O4/c23-17-2-1-3-18-19(17)25(16-10-8-15(9-11-16)21(28)29)22(30)26(18)20(27)14-6-4-13(12-24)5-7-14/h1-11H,(H,28,29). The number of rotatable bonds is 3. The van der Waals surface area contributed by atoms with Crippen molar-refractivity contribution in [1.29, 1.82) is 5.26 Å². The van der Waals surface area contributed by atoms with Gasteiger partial charge in [-0.05, 0) is 60.7 Å². The summed E-state index contributed by atoms with van der Waals surface area (Å²) in [6.45, 7) is 0. The molecule has 0 aliphatic heterocycles. The molecule has 0 fully saturated rings. The SMILES string of the molecule is N#Cc1ccc(C(=O)n2c(=O)n(-c3ccc(C(=O)O)cc3)c3c(F)cccc32)cc1. The zero-order chi connectivity index (χ0) is 21.4. The summed E-state index contributed by atoms with van der Waals surface area (Å²) in [5.41, 5.74) is -0.112. The number of carbonyl (C=O) groups excluding carboxylic acids is 1.